The standard InChI is InChI=1S/C27H33N9O3/c1-5-7-9-36(27(39)32-22-13-21(30-8-6-2)20(14-28)15-31-22)26-18(3)12-19(24(33-26)25(29)38)16-35-11-10-34(4)17-23(35)37/h2,12-13,15H,5,7-11,16-17H2,1,3-4H3,(H2,29,38)(H2,30,31,32,39). The number of piperazine rings is 1. The highest BCUT2D eigenvalue weighted by Crippen LogP contribution is 2.25. The fourth-order valence-electron chi connectivity index (χ4n) is 4.17. The Labute approximate surface area is 228 Å². The van der Waals surface area contributed by atoms with E-state index in [0.717, 1.165) is 13.0 Å². The van der Waals surface area contributed by atoms with Crippen LogP contribution in [-0.4, -0.2) is 77.4 Å². The number of unbranched alkanes of at least 4 members (excludes halogenated alkanes) is 1. The number of hydrogen-bond donors (Lipinski definition) is 3. The zero-order valence-electron chi connectivity index (χ0n) is 22.5. The summed E-state index contributed by atoms with van der Waals surface area (Å²) in [5, 5.41) is 15.0. The van der Waals surface area contributed by atoms with Gasteiger partial charge in [0.1, 0.15) is 23.4 Å². The highest BCUT2D eigenvalue weighted by atomic mass is 16.2. The molecule has 0 spiro atoms. The van der Waals surface area contributed by atoms with E-state index in [1.807, 2.05) is 24.9 Å². The fraction of sp³-hybridized carbons (Fsp3) is 0.407. The third kappa shape index (κ3) is 7.21. The molecule has 12 nitrogen and oxygen atoms in total. The number of nitriles is 1. The third-order valence-electron chi connectivity index (χ3n) is 6.25. The predicted molar refractivity (Wildman–Crippen MR) is 148 cm³/mol. The molecule has 0 aliphatic carbocycles. The number of primary amides is 1. The summed E-state index contributed by atoms with van der Waals surface area (Å²) in [6.07, 6.45) is 8.14. The van der Waals surface area contributed by atoms with Crippen LogP contribution >= 0.6 is 0 Å². The predicted octanol–water partition coefficient (Wildman–Crippen LogP) is 1.91. The first-order valence-corrected chi connectivity index (χ1v) is 12.6. The first kappa shape index (κ1) is 28.9. The fourth-order valence-corrected chi connectivity index (χ4v) is 4.17. The van der Waals surface area contributed by atoms with E-state index in [-0.39, 0.29) is 41.9 Å². The smallest absolute Gasteiger partial charge is 0.328 e. The zero-order chi connectivity index (χ0) is 28.5. The molecule has 1 saturated heterocycles. The maximum atomic E-state index is 13.5. The normalized spacial score (nSPS) is 13.4. The number of carbonyl (C=O) groups excluding carboxylic acids is 3. The second-order valence-corrected chi connectivity index (χ2v) is 9.27. The molecule has 2 aromatic heterocycles. The Kier molecular flexibility index (Phi) is 9.79. The van der Waals surface area contributed by atoms with Crippen molar-refractivity contribution in [3.63, 3.8) is 0 Å². The van der Waals surface area contributed by atoms with Crippen molar-refractivity contribution < 1.29 is 14.4 Å². The number of aromatic nitrogens is 2. The molecule has 0 atom stereocenters. The lowest BCUT2D eigenvalue weighted by atomic mass is 10.1. The number of nitrogens with two attached hydrogens (primary N) is 1. The number of nitrogens with one attached hydrogen (secondary N) is 2. The summed E-state index contributed by atoms with van der Waals surface area (Å²) in [5.41, 5.74) is 7.59. The van der Waals surface area contributed by atoms with Gasteiger partial charge in [0.2, 0.25) is 5.91 Å². The molecule has 4 N–H and O–H groups in total. The molecular formula is C27H33N9O3. The molecule has 0 bridgehead atoms. The van der Waals surface area contributed by atoms with E-state index in [9.17, 15) is 19.6 Å². The van der Waals surface area contributed by atoms with Crippen molar-refractivity contribution in [3.05, 3.63) is 40.7 Å². The molecule has 0 saturated carbocycles. The van der Waals surface area contributed by atoms with Crippen molar-refractivity contribution in [2.45, 2.75) is 33.2 Å². The van der Waals surface area contributed by atoms with Gasteiger partial charge in [-0.1, -0.05) is 19.3 Å². The number of pyridine rings is 2. The van der Waals surface area contributed by atoms with Crippen LogP contribution in [0.3, 0.4) is 0 Å². The van der Waals surface area contributed by atoms with Gasteiger partial charge < -0.3 is 16.0 Å². The van der Waals surface area contributed by atoms with Crippen LogP contribution in [0.25, 0.3) is 0 Å². The maximum absolute atomic E-state index is 13.5. The van der Waals surface area contributed by atoms with Crippen molar-refractivity contribution in [2.24, 2.45) is 5.73 Å². The highest BCUT2D eigenvalue weighted by Gasteiger charge is 2.26. The van der Waals surface area contributed by atoms with Crippen LogP contribution in [0.2, 0.25) is 0 Å². The van der Waals surface area contributed by atoms with Crippen molar-refractivity contribution in [3.8, 4) is 18.4 Å². The van der Waals surface area contributed by atoms with Gasteiger partial charge in [-0.15, -0.1) is 6.42 Å². The topological polar surface area (TPSA) is 161 Å². The van der Waals surface area contributed by atoms with Gasteiger partial charge in [-0.05, 0) is 32.0 Å². The number of carbonyl (C=O) groups is 3. The average molecular weight is 532 g/mol. The Morgan fingerprint density at radius 3 is 2.72 bits per heavy atom. The minimum atomic E-state index is -0.748. The molecule has 39 heavy (non-hydrogen) atoms. The van der Waals surface area contributed by atoms with E-state index in [0.29, 0.717) is 42.9 Å². The number of likely N-dealkylation sites (N-methyl/N-ethyl adjacent to an activating group) is 1. The van der Waals surface area contributed by atoms with Crippen molar-refractivity contribution in [1.82, 2.24) is 19.8 Å². The number of nitrogens with zero attached hydrogens (tertiary/aromatic N) is 6. The van der Waals surface area contributed by atoms with Crippen LogP contribution in [0.4, 0.5) is 22.1 Å². The summed E-state index contributed by atoms with van der Waals surface area (Å²) in [6, 6.07) is 4.79. The van der Waals surface area contributed by atoms with E-state index >= 15 is 0 Å². The number of terminal acetylenes is 1. The highest BCUT2D eigenvalue weighted by molar-refractivity contribution is 6.02. The van der Waals surface area contributed by atoms with E-state index in [1.54, 1.807) is 17.9 Å². The quantitative estimate of drug-likeness (QED) is 0.392. The van der Waals surface area contributed by atoms with Crippen LogP contribution in [0.1, 0.15) is 46.9 Å². The maximum Gasteiger partial charge on any atom is 0.328 e. The largest absolute Gasteiger partial charge is 0.373 e. The van der Waals surface area contributed by atoms with Gasteiger partial charge in [0.15, 0.2) is 0 Å². The molecular weight excluding hydrogens is 498 g/mol. The molecule has 0 radical (unpaired) electrons. The molecule has 4 amide bonds. The van der Waals surface area contributed by atoms with E-state index in [2.05, 4.69) is 26.5 Å². The number of aryl methyl sites for hydroxylation is 1. The van der Waals surface area contributed by atoms with Crippen molar-refractivity contribution in [2.75, 3.05) is 55.3 Å². The number of amides is 4. The van der Waals surface area contributed by atoms with Crippen LogP contribution < -0.4 is 21.3 Å². The average Bonchev–Trinajstić information content (AvgIpc) is 2.90. The Balaban J connectivity index is 1.93. The van der Waals surface area contributed by atoms with Crippen LogP contribution in [0, 0.1) is 30.6 Å². The monoisotopic (exact) mass is 531 g/mol. The number of hydrogen-bond acceptors (Lipinski definition) is 8. The van der Waals surface area contributed by atoms with Crippen molar-refractivity contribution >= 4 is 35.2 Å². The Bertz CT molecular complexity index is 1330. The molecule has 3 rings (SSSR count). The minimum absolute atomic E-state index is 0.00824. The summed E-state index contributed by atoms with van der Waals surface area (Å²) < 4.78 is 0. The molecule has 1 aliphatic rings. The van der Waals surface area contributed by atoms with Crippen LogP contribution in [0.5, 0.6) is 0 Å². The number of anilines is 3. The van der Waals surface area contributed by atoms with E-state index in [4.69, 9.17) is 12.2 Å². The third-order valence-corrected chi connectivity index (χ3v) is 6.25. The van der Waals surface area contributed by atoms with Gasteiger partial charge in [-0.3, -0.25) is 24.7 Å². The molecule has 1 fully saturated rings. The van der Waals surface area contributed by atoms with Gasteiger partial charge in [0.05, 0.1) is 24.3 Å². The Morgan fingerprint density at radius 1 is 1.31 bits per heavy atom. The van der Waals surface area contributed by atoms with E-state index < -0.39 is 11.9 Å². The Hall–Kier alpha value is -4.68. The molecule has 1 aliphatic heterocycles. The Morgan fingerprint density at radius 2 is 2.08 bits per heavy atom. The molecule has 12 heteroatoms. The first-order valence-electron chi connectivity index (χ1n) is 12.6. The SMILES string of the molecule is C#CCNc1cc(NC(=O)N(CCCC)c2nc(C(N)=O)c(CN3CCN(C)CC3=O)cc2C)ncc1C#N. The summed E-state index contributed by atoms with van der Waals surface area (Å²) in [7, 11) is 1.88. The van der Waals surface area contributed by atoms with Gasteiger partial charge in [0.25, 0.3) is 5.91 Å². The lowest BCUT2D eigenvalue weighted by molar-refractivity contribution is -0.136. The van der Waals surface area contributed by atoms with Gasteiger partial charge in [-0.25, -0.2) is 14.8 Å². The second-order valence-electron chi connectivity index (χ2n) is 9.27. The second kappa shape index (κ2) is 13.2. The molecule has 204 valence electrons. The van der Waals surface area contributed by atoms with E-state index in [1.165, 1.54) is 17.2 Å². The van der Waals surface area contributed by atoms with Crippen molar-refractivity contribution in [1.29, 1.82) is 5.26 Å². The number of urea groups is 1. The zero-order valence-corrected chi connectivity index (χ0v) is 22.5. The lowest BCUT2D eigenvalue weighted by Crippen LogP contribution is -2.48. The summed E-state index contributed by atoms with van der Waals surface area (Å²) in [5.74, 6) is 2.13. The number of rotatable bonds is 10. The van der Waals surface area contributed by atoms with Crippen LogP contribution in [0.15, 0.2) is 18.3 Å². The lowest BCUT2D eigenvalue weighted by Gasteiger charge is -2.32. The minimum Gasteiger partial charge on any atom is -0.373 e. The van der Waals surface area contributed by atoms with Gasteiger partial charge in [-0.2, -0.15) is 5.26 Å². The summed E-state index contributed by atoms with van der Waals surface area (Å²) in [6.45, 7) is 6.03. The molecule has 0 aromatic carbocycles. The van der Waals surface area contributed by atoms with Gasteiger partial charge in [0, 0.05) is 44.0 Å². The molecule has 2 aromatic rings. The molecule has 3 heterocycles. The van der Waals surface area contributed by atoms with Gasteiger partial charge >= 0.3 is 6.03 Å². The summed E-state index contributed by atoms with van der Waals surface area (Å²) >= 11 is 0. The van der Waals surface area contributed by atoms with Crippen LogP contribution in [-0.2, 0) is 11.3 Å². The first-order chi connectivity index (χ1) is 18.7. The summed E-state index contributed by atoms with van der Waals surface area (Å²) in [4.78, 5) is 52.1. The molecule has 0 unspecified atom stereocenters.